The van der Waals surface area contributed by atoms with Crippen molar-refractivity contribution in [2.75, 3.05) is 24.9 Å². The molecule has 0 bridgehead atoms. The first-order valence-electron chi connectivity index (χ1n) is 7.63. The van der Waals surface area contributed by atoms with Gasteiger partial charge in [-0.3, -0.25) is 14.9 Å². The zero-order valence-electron chi connectivity index (χ0n) is 14.6. The molecule has 2 N–H and O–H groups in total. The Hall–Kier alpha value is -4.06. The summed E-state index contributed by atoms with van der Waals surface area (Å²) in [5.41, 5.74) is 0.335. The normalized spacial score (nSPS) is 10.5. The molecule has 1 amide bonds. The molecule has 0 saturated heterocycles. The Labute approximate surface area is 155 Å². The van der Waals surface area contributed by atoms with Gasteiger partial charge < -0.3 is 20.1 Å². The van der Waals surface area contributed by atoms with E-state index in [2.05, 4.69) is 10.6 Å². The van der Waals surface area contributed by atoms with Crippen molar-refractivity contribution in [3.63, 3.8) is 0 Å². The number of nitro benzene ring substituents is 1. The second kappa shape index (κ2) is 8.87. The number of benzene rings is 2. The summed E-state index contributed by atoms with van der Waals surface area (Å²) in [5.74, 6) is 0.338. The molecule has 0 fully saturated rings. The van der Waals surface area contributed by atoms with Gasteiger partial charge in [-0.05, 0) is 18.2 Å². The van der Waals surface area contributed by atoms with Crippen LogP contribution >= 0.6 is 0 Å². The molecule has 9 nitrogen and oxygen atoms in total. The van der Waals surface area contributed by atoms with E-state index < -0.39 is 10.8 Å². The molecule has 0 aliphatic rings. The van der Waals surface area contributed by atoms with Crippen LogP contribution in [0.2, 0.25) is 0 Å². The largest absolute Gasteiger partial charge is 0.497 e. The zero-order chi connectivity index (χ0) is 19.8. The predicted octanol–water partition coefficient (Wildman–Crippen LogP) is 3.07. The molecule has 0 unspecified atom stereocenters. The highest BCUT2D eigenvalue weighted by Gasteiger charge is 2.12. The van der Waals surface area contributed by atoms with Gasteiger partial charge in [0.15, 0.2) is 0 Å². The minimum atomic E-state index is -0.710. The van der Waals surface area contributed by atoms with E-state index in [-0.39, 0.29) is 16.9 Å². The second-order valence-corrected chi connectivity index (χ2v) is 5.14. The van der Waals surface area contributed by atoms with Gasteiger partial charge in [0, 0.05) is 30.1 Å². The van der Waals surface area contributed by atoms with Crippen LogP contribution in [-0.2, 0) is 4.79 Å². The maximum atomic E-state index is 12.2. The minimum absolute atomic E-state index is 0.170. The number of methoxy groups -OCH3 is 2. The number of ether oxygens (including phenoxy) is 2. The molecule has 0 aliphatic carbocycles. The number of anilines is 2. The first-order valence-corrected chi connectivity index (χ1v) is 7.63. The molecule has 0 aliphatic heterocycles. The molecule has 2 rings (SSSR count). The number of carbonyl (C=O) groups excluding carboxylic acids is 1. The number of nitro groups is 1. The Morgan fingerprint density at radius 3 is 2.63 bits per heavy atom. The Kier molecular flexibility index (Phi) is 6.33. The number of hydrogen-bond donors (Lipinski definition) is 2. The number of carbonyl (C=O) groups is 1. The summed E-state index contributed by atoms with van der Waals surface area (Å²) in [7, 11) is 3.00. The van der Waals surface area contributed by atoms with Crippen molar-refractivity contribution in [3.05, 3.63) is 64.4 Å². The SMILES string of the molecule is COc1ccc(N/C=C(/C#N)C(=O)Nc2cccc([N+](=O)[O-])c2)c(OC)c1. The van der Waals surface area contributed by atoms with Crippen LogP contribution < -0.4 is 20.1 Å². The average molecular weight is 368 g/mol. The molecule has 138 valence electrons. The van der Waals surface area contributed by atoms with Gasteiger partial charge in [0.2, 0.25) is 0 Å². The lowest BCUT2D eigenvalue weighted by Crippen LogP contribution is -2.14. The smallest absolute Gasteiger partial charge is 0.271 e. The van der Waals surface area contributed by atoms with E-state index in [0.29, 0.717) is 17.2 Å². The fourth-order valence-corrected chi connectivity index (χ4v) is 2.11. The molecule has 0 radical (unpaired) electrons. The van der Waals surface area contributed by atoms with Crippen molar-refractivity contribution in [1.29, 1.82) is 5.26 Å². The van der Waals surface area contributed by atoms with Crippen molar-refractivity contribution in [3.8, 4) is 17.6 Å². The van der Waals surface area contributed by atoms with Gasteiger partial charge in [0.1, 0.15) is 23.1 Å². The van der Waals surface area contributed by atoms with E-state index >= 15 is 0 Å². The highest BCUT2D eigenvalue weighted by atomic mass is 16.6. The third kappa shape index (κ3) is 4.96. The van der Waals surface area contributed by atoms with Crippen LogP contribution in [0.25, 0.3) is 0 Å². The topological polar surface area (TPSA) is 127 Å². The van der Waals surface area contributed by atoms with Crippen molar-refractivity contribution in [2.45, 2.75) is 0 Å². The van der Waals surface area contributed by atoms with Crippen LogP contribution in [0.3, 0.4) is 0 Å². The summed E-state index contributed by atoms with van der Waals surface area (Å²) in [5, 5.41) is 25.3. The number of non-ortho nitro benzene ring substituents is 1. The summed E-state index contributed by atoms with van der Waals surface area (Å²) >= 11 is 0. The molecule has 0 heterocycles. The molecule has 9 heteroatoms. The van der Waals surface area contributed by atoms with Gasteiger partial charge >= 0.3 is 0 Å². The quantitative estimate of drug-likeness (QED) is 0.333. The number of amides is 1. The molecular formula is C18H16N4O5. The maximum absolute atomic E-state index is 12.2. The average Bonchev–Trinajstić information content (AvgIpc) is 2.68. The van der Waals surface area contributed by atoms with E-state index in [1.807, 2.05) is 0 Å². The van der Waals surface area contributed by atoms with Crippen molar-refractivity contribution < 1.29 is 19.2 Å². The highest BCUT2D eigenvalue weighted by Crippen LogP contribution is 2.29. The zero-order valence-corrected chi connectivity index (χ0v) is 14.6. The van der Waals surface area contributed by atoms with Crippen LogP contribution in [0.5, 0.6) is 11.5 Å². The molecule has 0 spiro atoms. The number of nitrogens with zero attached hydrogens (tertiary/aromatic N) is 2. The number of nitriles is 1. The molecule has 27 heavy (non-hydrogen) atoms. The van der Waals surface area contributed by atoms with Crippen LogP contribution in [-0.4, -0.2) is 25.1 Å². The van der Waals surface area contributed by atoms with Gasteiger partial charge in [-0.1, -0.05) is 6.07 Å². The molecule has 2 aromatic carbocycles. The first kappa shape index (κ1) is 19.3. The van der Waals surface area contributed by atoms with Gasteiger partial charge in [-0.2, -0.15) is 5.26 Å². The lowest BCUT2D eigenvalue weighted by molar-refractivity contribution is -0.384. The standard InChI is InChI=1S/C18H16N4O5/c1-26-15-6-7-16(17(9-15)27-2)20-11-12(10-19)18(23)21-13-4-3-5-14(8-13)22(24)25/h3-9,11,20H,1-2H3,(H,21,23)/b12-11-. The first-order chi connectivity index (χ1) is 13.0. The van der Waals surface area contributed by atoms with E-state index in [4.69, 9.17) is 9.47 Å². The Morgan fingerprint density at radius 2 is 2.00 bits per heavy atom. The molecule has 0 atom stereocenters. The second-order valence-electron chi connectivity index (χ2n) is 5.14. The summed E-state index contributed by atoms with van der Waals surface area (Å²) in [6, 6.07) is 12.2. The van der Waals surface area contributed by atoms with Gasteiger partial charge in [-0.25, -0.2) is 0 Å². The fraction of sp³-hybridized carbons (Fsp3) is 0.111. The van der Waals surface area contributed by atoms with E-state index in [1.54, 1.807) is 24.3 Å². The predicted molar refractivity (Wildman–Crippen MR) is 98.6 cm³/mol. The molecule has 0 aromatic heterocycles. The number of rotatable bonds is 7. The van der Waals surface area contributed by atoms with Crippen LogP contribution in [0.1, 0.15) is 0 Å². The molecular weight excluding hydrogens is 352 g/mol. The Morgan fingerprint density at radius 1 is 1.22 bits per heavy atom. The summed E-state index contributed by atoms with van der Waals surface area (Å²) in [4.78, 5) is 22.5. The Bertz CT molecular complexity index is 934. The summed E-state index contributed by atoms with van der Waals surface area (Å²) in [6.07, 6.45) is 1.22. The lowest BCUT2D eigenvalue weighted by Gasteiger charge is -2.10. The summed E-state index contributed by atoms with van der Waals surface area (Å²) in [6.45, 7) is 0. The van der Waals surface area contributed by atoms with E-state index in [0.717, 1.165) is 0 Å². The minimum Gasteiger partial charge on any atom is -0.497 e. The Balaban J connectivity index is 2.16. The molecule has 2 aromatic rings. The number of nitrogens with one attached hydrogen (secondary N) is 2. The third-order valence-electron chi connectivity index (χ3n) is 3.46. The van der Waals surface area contributed by atoms with Gasteiger partial charge in [-0.15, -0.1) is 0 Å². The van der Waals surface area contributed by atoms with Crippen LogP contribution in [0.15, 0.2) is 54.2 Å². The fourth-order valence-electron chi connectivity index (χ4n) is 2.11. The molecule has 0 saturated carbocycles. The van der Waals surface area contributed by atoms with Crippen LogP contribution in [0, 0.1) is 21.4 Å². The third-order valence-corrected chi connectivity index (χ3v) is 3.46. The summed E-state index contributed by atoms with van der Waals surface area (Å²) < 4.78 is 10.3. The van der Waals surface area contributed by atoms with E-state index in [9.17, 15) is 20.2 Å². The lowest BCUT2D eigenvalue weighted by atomic mass is 10.2. The van der Waals surface area contributed by atoms with Crippen molar-refractivity contribution in [2.24, 2.45) is 0 Å². The monoisotopic (exact) mass is 368 g/mol. The highest BCUT2D eigenvalue weighted by molar-refractivity contribution is 6.06. The maximum Gasteiger partial charge on any atom is 0.271 e. The van der Waals surface area contributed by atoms with Crippen molar-refractivity contribution in [1.82, 2.24) is 0 Å². The van der Waals surface area contributed by atoms with E-state index in [1.165, 1.54) is 44.7 Å². The van der Waals surface area contributed by atoms with Gasteiger partial charge in [0.05, 0.1) is 24.8 Å². The number of hydrogen-bond acceptors (Lipinski definition) is 7. The van der Waals surface area contributed by atoms with Crippen molar-refractivity contribution >= 4 is 23.0 Å². The van der Waals surface area contributed by atoms with Gasteiger partial charge in [0.25, 0.3) is 11.6 Å². The van der Waals surface area contributed by atoms with Crippen LogP contribution in [0.4, 0.5) is 17.1 Å².